The Balaban J connectivity index is 1.97. The van der Waals surface area contributed by atoms with Crippen LogP contribution in [0.1, 0.15) is 35.6 Å². The number of aromatic nitrogens is 1. The molecule has 0 aliphatic rings. The van der Waals surface area contributed by atoms with Crippen LogP contribution in [0.5, 0.6) is 0 Å². The Hall–Kier alpha value is -1.24. The third kappa shape index (κ3) is 4.12. The Morgan fingerprint density at radius 3 is 2.86 bits per heavy atom. The third-order valence-electron chi connectivity index (χ3n) is 3.23. The SMILES string of the molecule is Cc1nc(-c2cccs2)sc1C(=O)NCCC(O)C(C)C. The van der Waals surface area contributed by atoms with E-state index in [0.717, 1.165) is 15.6 Å². The number of amides is 1. The number of rotatable bonds is 6. The van der Waals surface area contributed by atoms with E-state index in [1.807, 2.05) is 38.3 Å². The molecule has 114 valence electrons. The zero-order chi connectivity index (χ0) is 15.4. The first kappa shape index (κ1) is 16.1. The molecule has 1 atom stereocenters. The van der Waals surface area contributed by atoms with Crippen LogP contribution in [0.4, 0.5) is 0 Å². The van der Waals surface area contributed by atoms with Crippen LogP contribution < -0.4 is 5.32 Å². The molecule has 0 radical (unpaired) electrons. The van der Waals surface area contributed by atoms with Crippen molar-refractivity contribution in [2.45, 2.75) is 33.3 Å². The molecule has 0 spiro atoms. The van der Waals surface area contributed by atoms with Crippen LogP contribution in [0.3, 0.4) is 0 Å². The highest BCUT2D eigenvalue weighted by atomic mass is 32.1. The van der Waals surface area contributed by atoms with Gasteiger partial charge in [0.15, 0.2) is 0 Å². The van der Waals surface area contributed by atoms with Crippen molar-refractivity contribution in [1.82, 2.24) is 10.3 Å². The Morgan fingerprint density at radius 2 is 2.24 bits per heavy atom. The molecule has 6 heteroatoms. The highest BCUT2D eigenvalue weighted by Gasteiger charge is 2.17. The van der Waals surface area contributed by atoms with Gasteiger partial charge in [0, 0.05) is 6.54 Å². The molecule has 1 amide bonds. The second-order valence-electron chi connectivity index (χ2n) is 5.27. The fourth-order valence-electron chi connectivity index (χ4n) is 1.86. The van der Waals surface area contributed by atoms with Crippen molar-refractivity contribution in [3.05, 3.63) is 28.1 Å². The highest BCUT2D eigenvalue weighted by molar-refractivity contribution is 7.22. The molecule has 1 unspecified atom stereocenters. The standard InChI is InChI=1S/C15H20N2O2S2/c1-9(2)11(18)6-7-16-14(19)13-10(3)17-15(21-13)12-5-4-8-20-12/h4-5,8-9,11,18H,6-7H2,1-3H3,(H,16,19). The summed E-state index contributed by atoms with van der Waals surface area (Å²) >= 11 is 3.03. The molecule has 2 N–H and O–H groups in total. The minimum absolute atomic E-state index is 0.108. The first-order valence-corrected chi connectivity index (χ1v) is 8.66. The molecular formula is C15H20N2O2S2. The molecular weight excluding hydrogens is 304 g/mol. The van der Waals surface area contributed by atoms with Gasteiger partial charge in [0.25, 0.3) is 5.91 Å². The van der Waals surface area contributed by atoms with E-state index in [-0.39, 0.29) is 17.9 Å². The lowest BCUT2D eigenvalue weighted by Crippen LogP contribution is -2.28. The first-order valence-electron chi connectivity index (χ1n) is 6.96. The summed E-state index contributed by atoms with van der Waals surface area (Å²) in [6, 6.07) is 3.98. The number of thiazole rings is 1. The first-order chi connectivity index (χ1) is 9.99. The summed E-state index contributed by atoms with van der Waals surface area (Å²) < 4.78 is 0. The van der Waals surface area contributed by atoms with Crippen LogP contribution in [0.25, 0.3) is 9.88 Å². The van der Waals surface area contributed by atoms with Gasteiger partial charge in [0.2, 0.25) is 0 Å². The normalized spacial score (nSPS) is 12.6. The minimum atomic E-state index is -0.380. The van der Waals surface area contributed by atoms with Crippen LogP contribution >= 0.6 is 22.7 Å². The predicted octanol–water partition coefficient (Wildman–Crippen LogP) is 3.32. The van der Waals surface area contributed by atoms with E-state index >= 15 is 0 Å². The number of thiophene rings is 1. The van der Waals surface area contributed by atoms with Crippen molar-refractivity contribution >= 4 is 28.6 Å². The lowest BCUT2D eigenvalue weighted by atomic mass is 10.0. The number of hydrogen-bond acceptors (Lipinski definition) is 5. The average molecular weight is 324 g/mol. The van der Waals surface area contributed by atoms with Crippen LogP contribution in [0.2, 0.25) is 0 Å². The van der Waals surface area contributed by atoms with E-state index in [4.69, 9.17) is 0 Å². The van der Waals surface area contributed by atoms with Crippen molar-refractivity contribution in [3.63, 3.8) is 0 Å². The maximum absolute atomic E-state index is 12.2. The van der Waals surface area contributed by atoms with E-state index < -0.39 is 0 Å². The molecule has 2 heterocycles. The van der Waals surface area contributed by atoms with E-state index in [1.54, 1.807) is 11.3 Å². The summed E-state index contributed by atoms with van der Waals surface area (Å²) in [5.41, 5.74) is 0.755. The fraction of sp³-hybridized carbons (Fsp3) is 0.467. The number of hydrogen-bond donors (Lipinski definition) is 2. The van der Waals surface area contributed by atoms with Gasteiger partial charge in [-0.05, 0) is 30.7 Å². The van der Waals surface area contributed by atoms with Crippen molar-refractivity contribution < 1.29 is 9.90 Å². The zero-order valence-electron chi connectivity index (χ0n) is 12.4. The number of aliphatic hydroxyl groups is 1. The van der Waals surface area contributed by atoms with Gasteiger partial charge in [-0.2, -0.15) is 0 Å². The molecule has 0 aromatic carbocycles. The highest BCUT2D eigenvalue weighted by Crippen LogP contribution is 2.30. The topological polar surface area (TPSA) is 62.2 Å². The molecule has 0 aliphatic heterocycles. The summed E-state index contributed by atoms with van der Waals surface area (Å²) in [5.74, 6) is 0.0984. The summed E-state index contributed by atoms with van der Waals surface area (Å²) in [7, 11) is 0. The van der Waals surface area contributed by atoms with Crippen molar-refractivity contribution in [1.29, 1.82) is 0 Å². The van der Waals surface area contributed by atoms with E-state index in [0.29, 0.717) is 17.8 Å². The summed E-state index contributed by atoms with van der Waals surface area (Å²) in [5, 5.41) is 15.5. The number of carbonyl (C=O) groups excluding carboxylic acids is 1. The largest absolute Gasteiger partial charge is 0.393 e. The second-order valence-corrected chi connectivity index (χ2v) is 7.21. The lowest BCUT2D eigenvalue weighted by Gasteiger charge is -2.14. The van der Waals surface area contributed by atoms with E-state index in [1.165, 1.54) is 11.3 Å². The van der Waals surface area contributed by atoms with E-state index in [2.05, 4.69) is 10.3 Å². The summed E-state index contributed by atoms with van der Waals surface area (Å²) in [6.07, 6.45) is 0.188. The summed E-state index contributed by atoms with van der Waals surface area (Å²) in [4.78, 5) is 18.4. The molecule has 0 fully saturated rings. The van der Waals surface area contributed by atoms with Gasteiger partial charge in [-0.3, -0.25) is 4.79 Å². The molecule has 4 nitrogen and oxygen atoms in total. The van der Waals surface area contributed by atoms with Crippen molar-refractivity contribution in [2.24, 2.45) is 5.92 Å². The quantitative estimate of drug-likeness (QED) is 0.857. The maximum Gasteiger partial charge on any atom is 0.263 e. The molecule has 0 saturated carbocycles. The number of carbonyl (C=O) groups is 1. The van der Waals surface area contributed by atoms with Crippen molar-refractivity contribution in [3.8, 4) is 9.88 Å². The third-order valence-corrected chi connectivity index (χ3v) is 5.43. The molecule has 0 bridgehead atoms. The maximum atomic E-state index is 12.2. The number of nitrogens with one attached hydrogen (secondary N) is 1. The van der Waals surface area contributed by atoms with Crippen molar-refractivity contribution in [2.75, 3.05) is 6.54 Å². The molecule has 21 heavy (non-hydrogen) atoms. The van der Waals surface area contributed by atoms with Crippen LogP contribution in [0, 0.1) is 12.8 Å². The zero-order valence-corrected chi connectivity index (χ0v) is 14.1. The molecule has 2 aromatic heterocycles. The summed E-state index contributed by atoms with van der Waals surface area (Å²) in [6.45, 7) is 6.26. The monoisotopic (exact) mass is 324 g/mol. The Kier molecular flexibility index (Phi) is 5.50. The lowest BCUT2D eigenvalue weighted by molar-refractivity contribution is 0.0923. The molecule has 2 aromatic rings. The number of aryl methyl sites for hydroxylation is 1. The second kappa shape index (κ2) is 7.15. The van der Waals surface area contributed by atoms with Gasteiger partial charge in [-0.15, -0.1) is 22.7 Å². The minimum Gasteiger partial charge on any atom is -0.393 e. The van der Waals surface area contributed by atoms with Gasteiger partial charge in [-0.25, -0.2) is 4.98 Å². The Morgan fingerprint density at radius 1 is 1.48 bits per heavy atom. The fourth-order valence-corrected chi connectivity index (χ4v) is 3.64. The predicted molar refractivity (Wildman–Crippen MR) is 88.0 cm³/mol. The van der Waals surface area contributed by atoms with Crippen LogP contribution in [0.15, 0.2) is 17.5 Å². The Labute approximate surface area is 132 Å². The average Bonchev–Trinajstić information content (AvgIpc) is 3.07. The van der Waals surface area contributed by atoms with Gasteiger partial charge in [0.05, 0.1) is 16.7 Å². The Bertz CT molecular complexity index is 591. The van der Waals surface area contributed by atoms with Crippen LogP contribution in [-0.4, -0.2) is 28.6 Å². The molecule has 2 rings (SSSR count). The van der Waals surface area contributed by atoms with Gasteiger partial charge in [-0.1, -0.05) is 19.9 Å². The number of nitrogens with zero attached hydrogens (tertiary/aromatic N) is 1. The molecule has 0 saturated heterocycles. The van der Waals surface area contributed by atoms with E-state index in [9.17, 15) is 9.90 Å². The van der Waals surface area contributed by atoms with Gasteiger partial charge in [0.1, 0.15) is 9.88 Å². The van der Waals surface area contributed by atoms with Gasteiger partial charge >= 0.3 is 0 Å². The number of aliphatic hydroxyl groups excluding tert-OH is 1. The smallest absolute Gasteiger partial charge is 0.263 e. The van der Waals surface area contributed by atoms with Gasteiger partial charge < -0.3 is 10.4 Å². The van der Waals surface area contributed by atoms with Crippen LogP contribution in [-0.2, 0) is 0 Å². The molecule has 0 aliphatic carbocycles.